The van der Waals surface area contributed by atoms with Crippen LogP contribution in [0.2, 0.25) is 0 Å². The summed E-state index contributed by atoms with van der Waals surface area (Å²) in [6, 6.07) is 14.9. The molecule has 33 heavy (non-hydrogen) atoms. The van der Waals surface area contributed by atoms with Crippen LogP contribution >= 0.6 is 0 Å². The highest BCUT2D eigenvalue weighted by atomic mass is 19.1. The lowest BCUT2D eigenvalue weighted by atomic mass is 9.93. The number of benzene rings is 2. The van der Waals surface area contributed by atoms with E-state index in [-0.39, 0.29) is 5.82 Å². The molecule has 4 rings (SSSR count). The third-order valence-corrected chi connectivity index (χ3v) is 5.56. The summed E-state index contributed by atoms with van der Waals surface area (Å²) in [5.74, 6) is -0.0194. The minimum atomic E-state index is -0.320. The maximum Gasteiger partial charge on any atom is 0.193 e. The first kappa shape index (κ1) is 22.2. The number of nitrogens with one attached hydrogen (secondary N) is 2. The van der Waals surface area contributed by atoms with Crippen LogP contribution in [-0.4, -0.2) is 23.2 Å². The smallest absolute Gasteiger partial charge is 0.193 e. The van der Waals surface area contributed by atoms with E-state index in [1.165, 1.54) is 6.07 Å². The zero-order valence-electron chi connectivity index (χ0n) is 19.0. The van der Waals surface area contributed by atoms with Crippen LogP contribution in [0.15, 0.2) is 65.2 Å². The van der Waals surface area contributed by atoms with E-state index in [2.05, 4.69) is 32.4 Å². The van der Waals surface area contributed by atoms with Gasteiger partial charge < -0.3 is 11.1 Å². The van der Waals surface area contributed by atoms with Gasteiger partial charge in [-0.3, -0.25) is 10.4 Å². The molecule has 168 valence electrons. The van der Waals surface area contributed by atoms with E-state index in [0.717, 1.165) is 39.5 Å². The molecule has 4 N–H and O–H groups in total. The number of halogens is 1. The molecule has 0 saturated carbocycles. The van der Waals surface area contributed by atoms with Crippen LogP contribution in [-0.2, 0) is 6.42 Å². The van der Waals surface area contributed by atoms with E-state index in [1.807, 2.05) is 57.2 Å². The number of aryl methyl sites for hydroxylation is 2. The number of hydrogen-bond donors (Lipinski definition) is 3. The number of nitrogens with zero attached hydrogens (tertiary/aromatic N) is 3. The summed E-state index contributed by atoms with van der Waals surface area (Å²) >= 11 is 0. The van der Waals surface area contributed by atoms with E-state index in [9.17, 15) is 4.39 Å². The van der Waals surface area contributed by atoms with Gasteiger partial charge in [0.25, 0.3) is 0 Å². The molecule has 3 aromatic rings. The topological polar surface area (TPSA) is 87.7 Å². The van der Waals surface area contributed by atoms with Gasteiger partial charge in [0.2, 0.25) is 0 Å². The minimum absolute atomic E-state index is 0.300. The molecule has 0 aliphatic carbocycles. The van der Waals surface area contributed by atoms with Crippen molar-refractivity contribution >= 4 is 23.1 Å². The number of nitrogens with two attached hydrogens (primary N) is 1. The van der Waals surface area contributed by atoms with E-state index < -0.39 is 0 Å². The van der Waals surface area contributed by atoms with Gasteiger partial charge in [-0.1, -0.05) is 36.9 Å². The van der Waals surface area contributed by atoms with Crippen LogP contribution in [0.25, 0.3) is 16.8 Å². The van der Waals surface area contributed by atoms with E-state index in [4.69, 9.17) is 5.73 Å². The van der Waals surface area contributed by atoms with Gasteiger partial charge in [0, 0.05) is 40.9 Å². The Balaban J connectivity index is 1.72. The Morgan fingerprint density at radius 3 is 2.58 bits per heavy atom. The highest BCUT2D eigenvalue weighted by Gasteiger charge is 2.18. The van der Waals surface area contributed by atoms with Gasteiger partial charge in [0.1, 0.15) is 5.82 Å². The molecule has 1 aromatic heterocycles. The Labute approximate surface area is 193 Å². The van der Waals surface area contributed by atoms with Crippen molar-refractivity contribution in [1.29, 1.82) is 0 Å². The summed E-state index contributed by atoms with van der Waals surface area (Å²) in [4.78, 5) is 9.00. The lowest BCUT2D eigenvalue weighted by Crippen LogP contribution is -2.30. The molecule has 0 fully saturated rings. The van der Waals surface area contributed by atoms with Crippen molar-refractivity contribution < 1.29 is 4.39 Å². The lowest BCUT2D eigenvalue weighted by Gasteiger charge is -2.20. The molecule has 0 saturated heterocycles. The van der Waals surface area contributed by atoms with Gasteiger partial charge in [0.15, 0.2) is 5.96 Å². The molecule has 1 aliphatic rings. The molecule has 1 aliphatic heterocycles. The van der Waals surface area contributed by atoms with Crippen molar-refractivity contribution in [2.75, 3.05) is 6.54 Å². The van der Waals surface area contributed by atoms with Gasteiger partial charge >= 0.3 is 0 Å². The molecular weight excluding hydrogens is 415 g/mol. The van der Waals surface area contributed by atoms with E-state index in [0.29, 0.717) is 35.7 Å². The van der Waals surface area contributed by atoms with Crippen LogP contribution in [0, 0.1) is 19.7 Å². The van der Waals surface area contributed by atoms with Gasteiger partial charge in [-0.05, 0) is 44.5 Å². The molecule has 0 amide bonds. The van der Waals surface area contributed by atoms with Crippen molar-refractivity contribution in [3.63, 3.8) is 0 Å². The number of aliphatic imine (C=N–C) groups is 1. The van der Waals surface area contributed by atoms with Crippen molar-refractivity contribution in [2.24, 2.45) is 15.8 Å². The van der Waals surface area contributed by atoms with Crippen LogP contribution in [0.5, 0.6) is 0 Å². The highest BCUT2D eigenvalue weighted by molar-refractivity contribution is 6.07. The second-order valence-electron chi connectivity index (χ2n) is 7.94. The number of hydrogen-bond acceptors (Lipinski definition) is 4. The first-order valence-corrected chi connectivity index (χ1v) is 10.8. The predicted octanol–water partition coefficient (Wildman–Crippen LogP) is 4.58. The Morgan fingerprint density at radius 1 is 1.06 bits per heavy atom. The standard InChI is InChI=1S/C26H27FN6/c1-5-29-26(28)31-24-14-21(15(2)30-17(24)4)22-12-18(10-11-23(22)27)13-25-20-9-7-6-8-19(20)16(3)32-33-25/h6-12,14,32H,3,5,13H2,1-2,4H3,(H3,28,29,31). The Hall–Kier alpha value is -4.00. The largest absolute Gasteiger partial charge is 0.370 e. The second-order valence-corrected chi connectivity index (χ2v) is 7.94. The summed E-state index contributed by atoms with van der Waals surface area (Å²) < 4.78 is 15.0. The van der Waals surface area contributed by atoms with Gasteiger partial charge in [-0.25, -0.2) is 9.38 Å². The molecule has 0 spiro atoms. The van der Waals surface area contributed by atoms with Crippen LogP contribution in [0.3, 0.4) is 0 Å². The molecular formula is C26H27FN6. The molecule has 2 heterocycles. The van der Waals surface area contributed by atoms with E-state index >= 15 is 0 Å². The summed E-state index contributed by atoms with van der Waals surface area (Å²) in [5.41, 5.74) is 16.8. The van der Waals surface area contributed by atoms with E-state index in [1.54, 1.807) is 6.07 Å². The van der Waals surface area contributed by atoms with Crippen molar-refractivity contribution in [3.05, 3.63) is 89.0 Å². The fourth-order valence-electron chi connectivity index (χ4n) is 3.92. The monoisotopic (exact) mass is 442 g/mol. The van der Waals surface area contributed by atoms with Gasteiger partial charge in [-0.2, -0.15) is 5.10 Å². The average molecular weight is 443 g/mol. The van der Waals surface area contributed by atoms with Crippen LogP contribution in [0.4, 0.5) is 10.1 Å². The number of aromatic nitrogens is 1. The maximum absolute atomic E-state index is 15.0. The summed E-state index contributed by atoms with van der Waals surface area (Å²) in [5, 5.41) is 7.46. The van der Waals surface area contributed by atoms with Gasteiger partial charge in [-0.15, -0.1) is 0 Å². The number of guanidine groups is 1. The second kappa shape index (κ2) is 9.24. The third kappa shape index (κ3) is 4.62. The predicted molar refractivity (Wildman–Crippen MR) is 133 cm³/mol. The van der Waals surface area contributed by atoms with Gasteiger partial charge in [0.05, 0.1) is 22.8 Å². The molecule has 0 bridgehead atoms. The number of rotatable bonds is 5. The number of pyridine rings is 1. The molecule has 0 atom stereocenters. The summed E-state index contributed by atoms with van der Waals surface area (Å²) in [6.45, 7) is 10.3. The molecule has 6 nitrogen and oxygen atoms in total. The highest BCUT2D eigenvalue weighted by Crippen LogP contribution is 2.32. The summed E-state index contributed by atoms with van der Waals surface area (Å²) in [6.07, 6.45) is 0.543. The normalized spacial score (nSPS) is 13.3. The summed E-state index contributed by atoms with van der Waals surface area (Å²) in [7, 11) is 0. The number of hydrazone groups is 1. The quantitative estimate of drug-likeness (QED) is 0.399. The fraction of sp³-hybridized carbons (Fsp3) is 0.192. The molecule has 2 aromatic carbocycles. The first-order chi connectivity index (χ1) is 15.9. The Kier molecular flexibility index (Phi) is 6.22. The van der Waals surface area contributed by atoms with Crippen molar-refractivity contribution in [1.82, 2.24) is 15.7 Å². The fourth-order valence-corrected chi connectivity index (χ4v) is 3.92. The Morgan fingerprint density at radius 2 is 1.82 bits per heavy atom. The van der Waals surface area contributed by atoms with Crippen LogP contribution in [0.1, 0.15) is 35.0 Å². The minimum Gasteiger partial charge on any atom is -0.370 e. The van der Waals surface area contributed by atoms with Crippen molar-refractivity contribution in [2.45, 2.75) is 27.2 Å². The molecule has 0 unspecified atom stereocenters. The average Bonchev–Trinajstić information content (AvgIpc) is 2.79. The molecule has 7 heteroatoms. The molecule has 0 radical (unpaired) electrons. The zero-order chi connectivity index (χ0) is 23.5. The SMILES string of the molecule is C=C1NN=C(Cc2ccc(F)c(-c3cc(/N=C(\N)NCC)c(C)nc3C)c2)c2ccccc21. The zero-order valence-corrected chi connectivity index (χ0v) is 19.0. The van der Waals surface area contributed by atoms with Crippen LogP contribution < -0.4 is 16.5 Å². The Bertz CT molecular complexity index is 1290. The lowest BCUT2D eigenvalue weighted by molar-refractivity contribution is 0.630. The first-order valence-electron chi connectivity index (χ1n) is 10.8. The third-order valence-electron chi connectivity index (χ3n) is 5.56. The van der Waals surface area contributed by atoms with Crippen molar-refractivity contribution in [3.8, 4) is 11.1 Å². The number of fused-ring (bicyclic) bond motifs is 1. The maximum atomic E-state index is 15.0.